The zero-order valence-electron chi connectivity index (χ0n) is 14.3. The van der Waals surface area contributed by atoms with Crippen molar-refractivity contribution in [2.24, 2.45) is 34.0 Å². The molecule has 0 saturated heterocycles. The summed E-state index contributed by atoms with van der Waals surface area (Å²) >= 11 is 0. The fourth-order valence-electron chi connectivity index (χ4n) is 7.55. The van der Waals surface area contributed by atoms with E-state index in [1.54, 1.807) is 0 Å². The van der Waals surface area contributed by atoms with Gasteiger partial charge in [0.15, 0.2) is 5.78 Å². The number of ketones is 1. The minimum absolute atomic E-state index is 0.116. The third kappa shape index (κ3) is 1.58. The quantitative estimate of drug-likeness (QED) is 0.683. The average molecular weight is 302 g/mol. The lowest BCUT2D eigenvalue weighted by Gasteiger charge is -2.64. The predicted molar refractivity (Wildman–Crippen MR) is 87.3 cm³/mol. The minimum Gasteiger partial charge on any atom is -0.393 e. The molecule has 4 rings (SSSR count). The van der Waals surface area contributed by atoms with Gasteiger partial charge in [0, 0.05) is 11.3 Å². The first-order valence-corrected chi connectivity index (χ1v) is 9.14. The van der Waals surface area contributed by atoms with Gasteiger partial charge >= 0.3 is 0 Å². The van der Waals surface area contributed by atoms with Crippen LogP contribution in [0.2, 0.25) is 0 Å². The van der Waals surface area contributed by atoms with Crippen molar-refractivity contribution in [3.63, 3.8) is 0 Å². The van der Waals surface area contributed by atoms with Crippen molar-refractivity contribution in [1.29, 1.82) is 0 Å². The van der Waals surface area contributed by atoms with Crippen molar-refractivity contribution in [3.05, 3.63) is 12.2 Å². The molecule has 0 radical (unpaired) electrons. The molecule has 1 N–H and O–H groups in total. The first-order valence-electron chi connectivity index (χ1n) is 9.14. The molecule has 0 aromatic rings. The van der Waals surface area contributed by atoms with E-state index in [2.05, 4.69) is 27.4 Å². The Morgan fingerprint density at radius 3 is 2.64 bits per heavy atom. The molecule has 4 aliphatic carbocycles. The molecule has 4 aliphatic rings. The zero-order valence-corrected chi connectivity index (χ0v) is 14.3. The molecule has 2 heteroatoms. The fourth-order valence-corrected chi connectivity index (χ4v) is 7.55. The summed E-state index contributed by atoms with van der Waals surface area (Å²) in [6.45, 7) is 11.3. The van der Waals surface area contributed by atoms with Gasteiger partial charge in [-0.1, -0.05) is 33.8 Å². The second kappa shape index (κ2) is 4.26. The molecule has 0 aromatic carbocycles. The van der Waals surface area contributed by atoms with Crippen LogP contribution < -0.4 is 0 Å². The standard InChI is InChI=1S/C20H30O2/c1-12-13-10-14(21)16-19(4)8-5-7-18(2,3)15(19)6-9-20(16,11-13)17(12)22/h13-16,21H,1,5-11H2,2-4H3/t13-,14-,15+,16+,19-,20-/m1/s1. The summed E-state index contributed by atoms with van der Waals surface area (Å²) in [6, 6.07) is 0. The molecular weight excluding hydrogens is 272 g/mol. The number of aliphatic hydroxyl groups is 1. The van der Waals surface area contributed by atoms with Crippen LogP contribution in [-0.2, 0) is 4.79 Å². The first kappa shape index (κ1) is 14.9. The van der Waals surface area contributed by atoms with Crippen LogP contribution in [0.15, 0.2) is 12.2 Å². The molecule has 4 fully saturated rings. The number of hydrogen-bond donors (Lipinski definition) is 1. The van der Waals surface area contributed by atoms with E-state index in [0.717, 1.165) is 31.3 Å². The van der Waals surface area contributed by atoms with Crippen molar-refractivity contribution >= 4 is 5.78 Å². The molecule has 0 aromatic heterocycles. The zero-order chi connectivity index (χ0) is 15.9. The highest BCUT2D eigenvalue weighted by Gasteiger charge is 2.68. The van der Waals surface area contributed by atoms with Crippen LogP contribution in [-0.4, -0.2) is 17.0 Å². The van der Waals surface area contributed by atoms with E-state index < -0.39 is 0 Å². The van der Waals surface area contributed by atoms with Gasteiger partial charge in [0.2, 0.25) is 0 Å². The molecule has 22 heavy (non-hydrogen) atoms. The van der Waals surface area contributed by atoms with Crippen molar-refractivity contribution in [1.82, 2.24) is 0 Å². The number of carbonyl (C=O) groups is 1. The average Bonchev–Trinajstić information content (AvgIpc) is 2.59. The van der Waals surface area contributed by atoms with Crippen LogP contribution in [0, 0.1) is 34.0 Å². The molecule has 2 bridgehead atoms. The van der Waals surface area contributed by atoms with Gasteiger partial charge in [-0.3, -0.25) is 4.79 Å². The highest BCUT2D eigenvalue weighted by atomic mass is 16.3. The number of carbonyl (C=O) groups excluding carboxylic acids is 1. The maximum absolute atomic E-state index is 13.1. The molecule has 122 valence electrons. The summed E-state index contributed by atoms with van der Waals surface area (Å²) in [6.07, 6.45) is 7.24. The summed E-state index contributed by atoms with van der Waals surface area (Å²) in [5, 5.41) is 11.0. The van der Waals surface area contributed by atoms with E-state index in [0.29, 0.717) is 17.1 Å². The number of hydrogen-bond acceptors (Lipinski definition) is 2. The third-order valence-electron chi connectivity index (χ3n) is 8.22. The second-order valence-electron chi connectivity index (χ2n) is 9.63. The van der Waals surface area contributed by atoms with E-state index >= 15 is 0 Å². The molecule has 0 unspecified atom stereocenters. The maximum Gasteiger partial charge on any atom is 0.165 e. The van der Waals surface area contributed by atoms with Gasteiger partial charge in [0.1, 0.15) is 0 Å². The summed E-state index contributed by atoms with van der Waals surface area (Å²) in [4.78, 5) is 13.1. The normalized spacial score (nSPS) is 53.1. The number of allylic oxidation sites excluding steroid dienone is 1. The fraction of sp³-hybridized carbons (Fsp3) is 0.850. The summed E-state index contributed by atoms with van der Waals surface area (Å²) in [7, 11) is 0. The Labute approximate surface area is 134 Å². The lowest BCUT2D eigenvalue weighted by atomic mass is 9.40. The lowest BCUT2D eigenvalue weighted by molar-refractivity contribution is -0.187. The van der Waals surface area contributed by atoms with Crippen molar-refractivity contribution < 1.29 is 9.90 Å². The molecule has 6 atom stereocenters. The molecule has 0 heterocycles. The Bertz CT molecular complexity index is 548. The lowest BCUT2D eigenvalue weighted by Crippen LogP contribution is -2.61. The predicted octanol–water partition coefficient (Wildman–Crippen LogP) is 4.13. The number of fused-ring (bicyclic) bond motifs is 3. The molecule has 0 amide bonds. The van der Waals surface area contributed by atoms with Gasteiger partial charge in [-0.25, -0.2) is 0 Å². The highest BCUT2D eigenvalue weighted by molar-refractivity contribution is 6.03. The van der Waals surface area contributed by atoms with Gasteiger partial charge in [-0.15, -0.1) is 0 Å². The smallest absolute Gasteiger partial charge is 0.165 e. The molecule has 4 saturated carbocycles. The summed E-state index contributed by atoms with van der Waals surface area (Å²) in [5.74, 6) is 1.34. The van der Waals surface area contributed by atoms with Crippen molar-refractivity contribution in [3.8, 4) is 0 Å². The Kier molecular flexibility index (Phi) is 2.89. The topological polar surface area (TPSA) is 37.3 Å². The number of Topliss-reactive ketones (excluding diaryl/α,β-unsaturated/α-hetero) is 1. The van der Waals surface area contributed by atoms with Gasteiger partial charge in [0.25, 0.3) is 0 Å². The highest BCUT2D eigenvalue weighted by Crippen LogP contribution is 2.70. The Morgan fingerprint density at radius 2 is 1.91 bits per heavy atom. The largest absolute Gasteiger partial charge is 0.393 e. The van der Waals surface area contributed by atoms with Crippen LogP contribution in [0.3, 0.4) is 0 Å². The third-order valence-corrected chi connectivity index (χ3v) is 8.22. The van der Waals surface area contributed by atoms with Crippen LogP contribution in [0.5, 0.6) is 0 Å². The number of aliphatic hydroxyl groups excluding tert-OH is 1. The van der Waals surface area contributed by atoms with Crippen molar-refractivity contribution in [2.75, 3.05) is 0 Å². The van der Waals surface area contributed by atoms with Crippen LogP contribution in [0.25, 0.3) is 0 Å². The van der Waals surface area contributed by atoms with E-state index in [1.165, 1.54) is 19.3 Å². The van der Waals surface area contributed by atoms with E-state index in [4.69, 9.17) is 0 Å². The van der Waals surface area contributed by atoms with E-state index in [-0.39, 0.29) is 28.8 Å². The van der Waals surface area contributed by atoms with Crippen molar-refractivity contribution in [2.45, 2.75) is 71.8 Å². The number of rotatable bonds is 0. The molecule has 0 aliphatic heterocycles. The molecule has 2 nitrogen and oxygen atoms in total. The second-order valence-corrected chi connectivity index (χ2v) is 9.63. The molecule has 1 spiro atoms. The Balaban J connectivity index is 1.83. The Morgan fingerprint density at radius 1 is 1.18 bits per heavy atom. The first-order chi connectivity index (χ1) is 10.2. The van der Waals surface area contributed by atoms with Crippen LogP contribution in [0.4, 0.5) is 0 Å². The molecular formula is C20H30O2. The van der Waals surface area contributed by atoms with Crippen LogP contribution in [0.1, 0.15) is 65.7 Å². The SMILES string of the molecule is C=C1C(=O)[C@@]23CC[C@H]4C(C)(C)CCC[C@@]4(C)[C@@H]2[C@H](O)C[C@@H]1C3. The summed E-state index contributed by atoms with van der Waals surface area (Å²) in [5.41, 5.74) is 0.991. The van der Waals surface area contributed by atoms with Gasteiger partial charge < -0.3 is 5.11 Å². The monoisotopic (exact) mass is 302 g/mol. The van der Waals surface area contributed by atoms with E-state index in [9.17, 15) is 9.90 Å². The van der Waals surface area contributed by atoms with Gasteiger partial charge in [0.05, 0.1) is 6.10 Å². The Hall–Kier alpha value is -0.630. The maximum atomic E-state index is 13.1. The van der Waals surface area contributed by atoms with E-state index in [1.807, 2.05) is 0 Å². The summed E-state index contributed by atoms with van der Waals surface area (Å²) < 4.78 is 0. The minimum atomic E-state index is -0.316. The van der Waals surface area contributed by atoms with Crippen LogP contribution >= 0.6 is 0 Å². The van der Waals surface area contributed by atoms with Gasteiger partial charge in [-0.2, -0.15) is 0 Å². The van der Waals surface area contributed by atoms with Gasteiger partial charge in [-0.05, 0) is 66.8 Å².